The van der Waals surface area contributed by atoms with Crippen LogP contribution in [0.1, 0.15) is 12.2 Å². The van der Waals surface area contributed by atoms with Crippen LogP contribution in [0.2, 0.25) is 0 Å². The zero-order valence-electron chi connectivity index (χ0n) is 9.03. The second-order valence-electron chi connectivity index (χ2n) is 3.91. The second-order valence-corrected chi connectivity index (χ2v) is 3.91. The average molecular weight is 210 g/mol. The van der Waals surface area contributed by atoms with Crippen molar-refractivity contribution in [1.82, 2.24) is 10.6 Å². The maximum Gasteiger partial charge on any atom is 0.117 e. The summed E-state index contributed by atoms with van der Waals surface area (Å²) in [6.45, 7) is 2.72. The average Bonchev–Trinajstić information content (AvgIpc) is 2.88. The summed E-state index contributed by atoms with van der Waals surface area (Å²) in [4.78, 5) is 0. The molecule has 1 saturated heterocycles. The SMILES string of the molecule is COC1CNC(CNCc2ccco2)C1. The van der Waals surface area contributed by atoms with Crippen LogP contribution in [-0.2, 0) is 11.3 Å². The van der Waals surface area contributed by atoms with E-state index in [4.69, 9.17) is 9.15 Å². The summed E-state index contributed by atoms with van der Waals surface area (Å²) in [7, 11) is 1.77. The Labute approximate surface area is 90.0 Å². The molecule has 1 aromatic rings. The van der Waals surface area contributed by atoms with E-state index in [0.717, 1.165) is 31.8 Å². The van der Waals surface area contributed by atoms with Crippen LogP contribution in [0.5, 0.6) is 0 Å². The molecule has 1 aromatic heterocycles. The number of ether oxygens (including phenoxy) is 1. The molecule has 15 heavy (non-hydrogen) atoms. The van der Waals surface area contributed by atoms with Crippen molar-refractivity contribution in [2.75, 3.05) is 20.2 Å². The summed E-state index contributed by atoms with van der Waals surface area (Å²) < 4.78 is 10.5. The molecule has 2 N–H and O–H groups in total. The van der Waals surface area contributed by atoms with Crippen LogP contribution in [-0.4, -0.2) is 32.3 Å². The van der Waals surface area contributed by atoms with Crippen molar-refractivity contribution < 1.29 is 9.15 Å². The Morgan fingerprint density at radius 1 is 1.67 bits per heavy atom. The van der Waals surface area contributed by atoms with Gasteiger partial charge in [0.05, 0.1) is 18.9 Å². The summed E-state index contributed by atoms with van der Waals surface area (Å²) >= 11 is 0. The summed E-state index contributed by atoms with van der Waals surface area (Å²) in [6, 6.07) is 4.41. The molecule has 0 spiro atoms. The fourth-order valence-corrected chi connectivity index (χ4v) is 1.90. The van der Waals surface area contributed by atoms with Crippen molar-refractivity contribution >= 4 is 0 Å². The minimum atomic E-state index is 0.375. The normalized spacial score (nSPS) is 25.9. The third-order valence-electron chi connectivity index (χ3n) is 2.79. The highest BCUT2D eigenvalue weighted by Gasteiger charge is 2.22. The highest BCUT2D eigenvalue weighted by atomic mass is 16.5. The predicted molar refractivity (Wildman–Crippen MR) is 57.6 cm³/mol. The van der Waals surface area contributed by atoms with Gasteiger partial charge < -0.3 is 19.8 Å². The third kappa shape index (κ3) is 3.06. The number of furan rings is 1. The Bertz CT molecular complexity index is 274. The predicted octanol–water partition coefficient (Wildman–Crippen LogP) is 0.746. The van der Waals surface area contributed by atoms with Crippen LogP contribution < -0.4 is 10.6 Å². The van der Waals surface area contributed by atoms with Crippen molar-refractivity contribution in [2.24, 2.45) is 0 Å². The fraction of sp³-hybridized carbons (Fsp3) is 0.636. The van der Waals surface area contributed by atoms with Crippen molar-refractivity contribution in [3.63, 3.8) is 0 Å². The van der Waals surface area contributed by atoms with Crippen molar-refractivity contribution in [2.45, 2.75) is 25.1 Å². The monoisotopic (exact) mass is 210 g/mol. The van der Waals surface area contributed by atoms with Gasteiger partial charge in [0.2, 0.25) is 0 Å². The second kappa shape index (κ2) is 5.30. The van der Waals surface area contributed by atoms with Gasteiger partial charge in [-0.3, -0.25) is 0 Å². The lowest BCUT2D eigenvalue weighted by molar-refractivity contribution is 0.117. The van der Waals surface area contributed by atoms with E-state index in [1.165, 1.54) is 0 Å². The first-order valence-electron chi connectivity index (χ1n) is 5.38. The first-order chi connectivity index (χ1) is 7.38. The Morgan fingerprint density at radius 3 is 3.27 bits per heavy atom. The molecule has 2 unspecified atom stereocenters. The van der Waals surface area contributed by atoms with Crippen LogP contribution in [0, 0.1) is 0 Å². The molecular formula is C11H18N2O2. The van der Waals surface area contributed by atoms with E-state index in [1.807, 2.05) is 12.1 Å². The summed E-state index contributed by atoms with van der Waals surface area (Å²) in [5.74, 6) is 0.983. The van der Waals surface area contributed by atoms with Crippen LogP contribution in [0.25, 0.3) is 0 Å². The molecule has 2 heterocycles. The fourth-order valence-electron chi connectivity index (χ4n) is 1.90. The van der Waals surface area contributed by atoms with Gasteiger partial charge in [0, 0.05) is 26.2 Å². The van der Waals surface area contributed by atoms with Gasteiger partial charge in [-0.2, -0.15) is 0 Å². The molecule has 84 valence electrons. The van der Waals surface area contributed by atoms with Gasteiger partial charge in [-0.25, -0.2) is 0 Å². The first-order valence-corrected chi connectivity index (χ1v) is 5.38. The van der Waals surface area contributed by atoms with Gasteiger partial charge in [0.15, 0.2) is 0 Å². The van der Waals surface area contributed by atoms with E-state index in [2.05, 4.69) is 10.6 Å². The van der Waals surface area contributed by atoms with E-state index in [9.17, 15) is 0 Å². The minimum absolute atomic E-state index is 0.375. The van der Waals surface area contributed by atoms with Crippen LogP contribution in [0.15, 0.2) is 22.8 Å². The maximum atomic E-state index is 5.28. The molecule has 0 radical (unpaired) electrons. The Balaban J connectivity index is 1.63. The Morgan fingerprint density at radius 2 is 2.60 bits per heavy atom. The summed E-state index contributed by atoms with van der Waals surface area (Å²) in [5, 5.41) is 6.78. The molecular weight excluding hydrogens is 192 g/mol. The molecule has 4 heteroatoms. The molecule has 4 nitrogen and oxygen atoms in total. The molecule has 0 amide bonds. The third-order valence-corrected chi connectivity index (χ3v) is 2.79. The highest BCUT2D eigenvalue weighted by Crippen LogP contribution is 2.08. The largest absolute Gasteiger partial charge is 0.468 e. The van der Waals surface area contributed by atoms with Gasteiger partial charge in [-0.05, 0) is 18.6 Å². The van der Waals surface area contributed by atoms with E-state index < -0.39 is 0 Å². The Hall–Kier alpha value is -0.840. The number of hydrogen-bond acceptors (Lipinski definition) is 4. The van der Waals surface area contributed by atoms with Gasteiger partial charge in [0.1, 0.15) is 5.76 Å². The van der Waals surface area contributed by atoms with Crippen molar-refractivity contribution in [3.8, 4) is 0 Å². The maximum absolute atomic E-state index is 5.28. The lowest BCUT2D eigenvalue weighted by atomic mass is 10.2. The van der Waals surface area contributed by atoms with Gasteiger partial charge in [-0.15, -0.1) is 0 Å². The van der Waals surface area contributed by atoms with E-state index in [-0.39, 0.29) is 0 Å². The number of hydrogen-bond donors (Lipinski definition) is 2. The zero-order valence-corrected chi connectivity index (χ0v) is 9.03. The molecule has 1 fully saturated rings. The number of nitrogens with one attached hydrogen (secondary N) is 2. The van der Waals surface area contributed by atoms with Crippen molar-refractivity contribution in [3.05, 3.63) is 24.2 Å². The minimum Gasteiger partial charge on any atom is -0.468 e. The summed E-state index contributed by atoms with van der Waals surface area (Å²) in [5.41, 5.74) is 0. The lowest BCUT2D eigenvalue weighted by Crippen LogP contribution is -2.33. The van der Waals surface area contributed by atoms with Crippen molar-refractivity contribution in [1.29, 1.82) is 0 Å². The topological polar surface area (TPSA) is 46.4 Å². The highest BCUT2D eigenvalue weighted by molar-refractivity contribution is 4.97. The number of rotatable bonds is 5. The molecule has 0 bridgehead atoms. The molecule has 2 rings (SSSR count). The molecule has 1 aliphatic heterocycles. The van der Waals surface area contributed by atoms with Gasteiger partial charge in [0.25, 0.3) is 0 Å². The van der Waals surface area contributed by atoms with Crippen LogP contribution in [0.4, 0.5) is 0 Å². The smallest absolute Gasteiger partial charge is 0.117 e. The molecule has 2 atom stereocenters. The van der Waals surface area contributed by atoms with E-state index in [0.29, 0.717) is 12.1 Å². The van der Waals surface area contributed by atoms with E-state index in [1.54, 1.807) is 13.4 Å². The van der Waals surface area contributed by atoms with Crippen LogP contribution in [0.3, 0.4) is 0 Å². The molecule has 0 aliphatic carbocycles. The Kier molecular flexibility index (Phi) is 3.77. The lowest BCUT2D eigenvalue weighted by Gasteiger charge is -2.10. The van der Waals surface area contributed by atoms with Crippen LogP contribution >= 0.6 is 0 Å². The van der Waals surface area contributed by atoms with Gasteiger partial charge >= 0.3 is 0 Å². The van der Waals surface area contributed by atoms with E-state index >= 15 is 0 Å². The molecule has 1 aliphatic rings. The zero-order chi connectivity index (χ0) is 10.5. The molecule has 0 saturated carbocycles. The quantitative estimate of drug-likeness (QED) is 0.752. The molecule has 0 aromatic carbocycles. The number of methoxy groups -OCH3 is 1. The standard InChI is InChI=1S/C11H18N2O2/c1-14-11-5-9(13-8-11)6-12-7-10-3-2-4-15-10/h2-4,9,11-13H,5-8H2,1H3. The van der Waals surface area contributed by atoms with Gasteiger partial charge in [-0.1, -0.05) is 0 Å². The first kappa shape index (κ1) is 10.7. The summed E-state index contributed by atoms with van der Waals surface area (Å²) in [6.07, 6.45) is 3.16.